The van der Waals surface area contributed by atoms with Crippen molar-refractivity contribution in [2.45, 2.75) is 0 Å². The summed E-state index contributed by atoms with van der Waals surface area (Å²) < 4.78 is 2.13. The van der Waals surface area contributed by atoms with Crippen LogP contribution in [-0.4, -0.2) is 19.5 Å². The highest BCUT2D eigenvalue weighted by atomic mass is 15.0. The molecule has 0 fully saturated rings. The molecule has 0 bridgehead atoms. The number of fused-ring (bicyclic) bond motifs is 3. The summed E-state index contributed by atoms with van der Waals surface area (Å²) >= 11 is 0. The van der Waals surface area contributed by atoms with Crippen LogP contribution in [0.2, 0.25) is 0 Å². The lowest BCUT2D eigenvalue weighted by molar-refractivity contribution is 1.07. The van der Waals surface area contributed by atoms with Crippen molar-refractivity contribution in [2.24, 2.45) is 0 Å². The molecule has 0 spiro atoms. The zero-order valence-electron chi connectivity index (χ0n) is 35.1. The minimum atomic E-state index is 0.266. The Morgan fingerprint density at radius 2 is 0.925 bits per heavy atom. The van der Waals surface area contributed by atoms with Gasteiger partial charge in [-0.25, -0.2) is 29.5 Å². The third-order valence-corrected chi connectivity index (χ3v) is 11.5. The first-order valence-corrected chi connectivity index (χ1v) is 20.8. The standard InChI is InChI=1S/C57H28N10/c1-61-44-26-42(27-45(31-44)62-2)49-30-43(57-65-55(38-12-6-4-7-13-38)64-56(66-57)39-14-8-5-9-15-39)29-48(41-23-36(33-59)22-37(24-41)34-60)54(49)67-52-17-11-10-16-47(52)50-28-40(19-21-53(50)67)46-20-18-35(32-58)25-51(46)63-3/h4-31H. The predicted octanol–water partition coefficient (Wildman–Crippen LogP) is 14.2. The third-order valence-electron chi connectivity index (χ3n) is 11.5. The number of hydrogen-bond donors (Lipinski definition) is 0. The van der Waals surface area contributed by atoms with Crippen molar-refractivity contribution in [1.82, 2.24) is 19.5 Å². The lowest BCUT2D eigenvalue weighted by atomic mass is 9.90. The maximum Gasteiger partial charge on any atom is 0.196 e. The molecule has 0 N–H and O–H groups in total. The van der Waals surface area contributed by atoms with Crippen LogP contribution in [0, 0.1) is 53.7 Å². The Hall–Kier alpha value is -10.5. The molecular formula is C57H28N10. The molecule has 10 aromatic rings. The molecule has 0 atom stereocenters. The zero-order chi connectivity index (χ0) is 46.0. The molecule has 0 saturated carbocycles. The maximum absolute atomic E-state index is 10.3. The molecule has 0 aliphatic rings. The van der Waals surface area contributed by atoms with E-state index >= 15 is 0 Å². The fourth-order valence-electron chi connectivity index (χ4n) is 8.49. The number of nitrogens with zero attached hydrogens (tertiary/aromatic N) is 10. The van der Waals surface area contributed by atoms with Crippen LogP contribution >= 0.6 is 0 Å². The van der Waals surface area contributed by atoms with Gasteiger partial charge >= 0.3 is 0 Å². The van der Waals surface area contributed by atoms with Crippen molar-refractivity contribution in [3.8, 4) is 91.4 Å². The van der Waals surface area contributed by atoms with Crippen LogP contribution in [0.4, 0.5) is 17.1 Å². The van der Waals surface area contributed by atoms with E-state index in [0.717, 1.165) is 38.5 Å². The van der Waals surface area contributed by atoms with Gasteiger partial charge in [0.25, 0.3) is 0 Å². The molecule has 0 aliphatic heterocycles. The largest absolute Gasteiger partial charge is 0.308 e. The first-order valence-electron chi connectivity index (χ1n) is 20.8. The minimum Gasteiger partial charge on any atom is -0.308 e. The highest BCUT2D eigenvalue weighted by molar-refractivity contribution is 6.12. The molecular weight excluding hydrogens is 825 g/mol. The van der Waals surface area contributed by atoms with Gasteiger partial charge in [0.15, 0.2) is 34.5 Å². The number of rotatable bonds is 7. The van der Waals surface area contributed by atoms with Crippen LogP contribution in [-0.2, 0) is 0 Å². The summed E-state index contributed by atoms with van der Waals surface area (Å²) in [5.41, 5.74) is 10.0. The summed E-state index contributed by atoms with van der Waals surface area (Å²) in [6.45, 7) is 24.1. The third kappa shape index (κ3) is 7.40. The molecule has 67 heavy (non-hydrogen) atoms. The van der Waals surface area contributed by atoms with Gasteiger partial charge in [0.2, 0.25) is 0 Å². The summed E-state index contributed by atoms with van der Waals surface area (Å²) in [7, 11) is 0. The van der Waals surface area contributed by atoms with Crippen molar-refractivity contribution in [2.75, 3.05) is 0 Å². The van der Waals surface area contributed by atoms with E-state index in [4.69, 9.17) is 34.7 Å². The van der Waals surface area contributed by atoms with Crippen molar-refractivity contribution >= 4 is 38.9 Å². The maximum atomic E-state index is 10.3. The Balaban J connectivity index is 1.36. The molecule has 2 heterocycles. The van der Waals surface area contributed by atoms with E-state index in [9.17, 15) is 15.8 Å². The molecule has 0 aliphatic carbocycles. The lowest BCUT2D eigenvalue weighted by Crippen LogP contribution is -2.04. The molecule has 10 nitrogen and oxygen atoms in total. The van der Waals surface area contributed by atoms with Crippen molar-refractivity contribution in [3.05, 3.63) is 221 Å². The number of aromatic nitrogens is 4. The Bertz CT molecular complexity index is 3720. The number of benzene rings is 8. The molecule has 0 radical (unpaired) electrons. The van der Waals surface area contributed by atoms with Crippen LogP contribution in [0.1, 0.15) is 16.7 Å². The van der Waals surface area contributed by atoms with Crippen LogP contribution in [0.15, 0.2) is 170 Å². The first kappa shape index (κ1) is 40.6. The second kappa shape index (κ2) is 17.0. The normalized spacial score (nSPS) is 10.6. The molecule has 306 valence electrons. The average molecular weight is 853 g/mol. The molecule has 10 rings (SSSR count). The van der Waals surface area contributed by atoms with E-state index in [2.05, 4.69) is 37.3 Å². The van der Waals surface area contributed by atoms with Crippen molar-refractivity contribution in [1.29, 1.82) is 15.8 Å². The number of nitriles is 3. The summed E-state index contributed by atoms with van der Waals surface area (Å²) in [5, 5.41) is 32.0. The van der Waals surface area contributed by atoms with Gasteiger partial charge in [-0.05, 0) is 82.9 Å². The fraction of sp³-hybridized carbons (Fsp3) is 0. The van der Waals surface area contributed by atoms with E-state index in [1.165, 1.54) is 0 Å². The fourth-order valence-corrected chi connectivity index (χ4v) is 8.49. The van der Waals surface area contributed by atoms with Crippen molar-refractivity contribution in [3.63, 3.8) is 0 Å². The minimum absolute atomic E-state index is 0.266. The van der Waals surface area contributed by atoms with Gasteiger partial charge in [-0.3, -0.25) is 0 Å². The summed E-state index contributed by atoms with van der Waals surface area (Å²) in [6, 6.07) is 58.9. The summed E-state index contributed by atoms with van der Waals surface area (Å²) in [5.74, 6) is 1.24. The Morgan fingerprint density at radius 1 is 0.388 bits per heavy atom. The highest BCUT2D eigenvalue weighted by Crippen LogP contribution is 2.46. The second-order valence-corrected chi connectivity index (χ2v) is 15.5. The van der Waals surface area contributed by atoms with Crippen LogP contribution in [0.3, 0.4) is 0 Å². The van der Waals surface area contributed by atoms with Gasteiger partial charge in [-0.15, -0.1) is 0 Å². The number of para-hydroxylation sites is 1. The second-order valence-electron chi connectivity index (χ2n) is 15.5. The van der Waals surface area contributed by atoms with Crippen LogP contribution in [0.25, 0.3) is 110 Å². The van der Waals surface area contributed by atoms with Gasteiger partial charge in [-0.1, -0.05) is 109 Å². The molecule has 2 aromatic heterocycles. The Morgan fingerprint density at radius 3 is 1.49 bits per heavy atom. The van der Waals surface area contributed by atoms with Gasteiger partial charge in [0.1, 0.15) is 0 Å². The quantitative estimate of drug-likeness (QED) is 0.147. The van der Waals surface area contributed by atoms with E-state index in [1.54, 1.807) is 54.6 Å². The molecule has 0 unspecified atom stereocenters. The van der Waals surface area contributed by atoms with E-state index in [-0.39, 0.29) is 22.5 Å². The topological polar surface area (TPSA) is 128 Å². The smallest absolute Gasteiger partial charge is 0.196 e. The molecule has 0 saturated heterocycles. The SMILES string of the molecule is [C-]#[N+]c1cc([N+]#[C-])cc(-c2cc(-c3nc(-c4ccccc4)nc(-c4ccccc4)n3)cc(-c3cc(C#N)cc(C#N)c3)c2-n2c3ccccc3c3cc(-c4ccc(C#N)cc4[N+]#[C-])ccc32)c1. The highest BCUT2D eigenvalue weighted by Gasteiger charge is 2.25. The Labute approximate surface area is 384 Å². The lowest BCUT2D eigenvalue weighted by Gasteiger charge is -2.22. The molecule has 0 amide bonds. The van der Waals surface area contributed by atoms with E-state index < -0.39 is 0 Å². The van der Waals surface area contributed by atoms with Gasteiger partial charge < -0.3 is 4.57 Å². The summed E-state index contributed by atoms with van der Waals surface area (Å²) in [4.78, 5) is 26.4. The molecule has 8 aromatic carbocycles. The monoisotopic (exact) mass is 852 g/mol. The number of hydrogen-bond acceptors (Lipinski definition) is 6. The van der Waals surface area contributed by atoms with E-state index in [0.29, 0.717) is 67.8 Å². The van der Waals surface area contributed by atoms with Crippen molar-refractivity contribution < 1.29 is 0 Å². The first-order chi connectivity index (χ1) is 32.9. The predicted molar refractivity (Wildman–Crippen MR) is 260 cm³/mol. The summed E-state index contributed by atoms with van der Waals surface area (Å²) in [6.07, 6.45) is 0. The van der Waals surface area contributed by atoms with Gasteiger partial charge in [0.05, 0.1) is 65.8 Å². The van der Waals surface area contributed by atoms with E-state index in [1.807, 2.05) is 115 Å². The molecule has 10 heteroatoms. The average Bonchev–Trinajstić information content (AvgIpc) is 3.73. The van der Waals surface area contributed by atoms with Crippen LogP contribution < -0.4 is 0 Å². The van der Waals surface area contributed by atoms with Gasteiger partial charge in [-0.2, -0.15) is 15.8 Å². The zero-order valence-corrected chi connectivity index (χ0v) is 35.1. The Kier molecular flexibility index (Phi) is 10.3. The van der Waals surface area contributed by atoms with Gasteiger partial charge in [0, 0.05) is 44.2 Å². The van der Waals surface area contributed by atoms with Crippen LogP contribution in [0.5, 0.6) is 0 Å².